The van der Waals surface area contributed by atoms with Crippen LogP contribution in [-0.2, 0) is 14.9 Å². The van der Waals surface area contributed by atoms with Gasteiger partial charge < -0.3 is 15.4 Å². The van der Waals surface area contributed by atoms with Crippen LogP contribution in [0.5, 0.6) is 0 Å². The lowest BCUT2D eigenvalue weighted by molar-refractivity contribution is -0.158. The van der Waals surface area contributed by atoms with Gasteiger partial charge >= 0.3 is 5.97 Å². The van der Waals surface area contributed by atoms with Crippen LogP contribution < -0.4 is 16.0 Å². The molecule has 0 radical (unpaired) electrons. The zero-order valence-electron chi connectivity index (χ0n) is 22.2. The Kier molecular flexibility index (Phi) is 6.40. The Morgan fingerprint density at radius 3 is 2.66 bits per heavy atom. The van der Waals surface area contributed by atoms with Gasteiger partial charge in [0.1, 0.15) is 17.5 Å². The van der Waals surface area contributed by atoms with Crippen LogP contribution >= 0.6 is 0 Å². The summed E-state index contributed by atoms with van der Waals surface area (Å²) in [7, 11) is 0. The summed E-state index contributed by atoms with van der Waals surface area (Å²) in [4.78, 5) is 30.8. The SMILES string of the molecule is CC(C)(C)OC(=O)C1NCC(C)(C)c2ccc(NC(=O)c3cccnc3Nc3ccc4cn[nH]c4c3)cc21. The summed E-state index contributed by atoms with van der Waals surface area (Å²) in [6, 6.07) is 14.3. The van der Waals surface area contributed by atoms with Gasteiger partial charge in [-0.1, -0.05) is 19.9 Å². The van der Waals surface area contributed by atoms with Crippen LogP contribution in [0.25, 0.3) is 10.9 Å². The van der Waals surface area contributed by atoms with Gasteiger partial charge in [-0.15, -0.1) is 0 Å². The molecule has 0 fully saturated rings. The van der Waals surface area contributed by atoms with Crippen LogP contribution in [0.4, 0.5) is 17.2 Å². The average molecular weight is 513 g/mol. The molecule has 0 saturated heterocycles. The van der Waals surface area contributed by atoms with Gasteiger partial charge in [0, 0.05) is 34.9 Å². The first-order valence-electron chi connectivity index (χ1n) is 12.6. The van der Waals surface area contributed by atoms with Crippen molar-refractivity contribution in [3.05, 3.63) is 77.6 Å². The Labute approximate surface area is 221 Å². The molecular formula is C29H32N6O3. The van der Waals surface area contributed by atoms with E-state index in [0.29, 0.717) is 23.6 Å². The third-order valence-corrected chi connectivity index (χ3v) is 6.50. The molecule has 196 valence electrons. The smallest absolute Gasteiger partial charge is 0.328 e. The number of anilines is 3. The van der Waals surface area contributed by atoms with E-state index in [2.05, 4.69) is 45.0 Å². The quantitative estimate of drug-likeness (QED) is 0.271. The zero-order chi connectivity index (χ0) is 27.1. The lowest BCUT2D eigenvalue weighted by Gasteiger charge is -2.38. The van der Waals surface area contributed by atoms with Crippen molar-refractivity contribution in [2.24, 2.45) is 0 Å². The zero-order valence-corrected chi connectivity index (χ0v) is 22.2. The molecule has 9 nitrogen and oxygen atoms in total. The van der Waals surface area contributed by atoms with Crippen LogP contribution in [-0.4, -0.2) is 39.2 Å². The Balaban J connectivity index is 1.41. The highest BCUT2D eigenvalue weighted by molar-refractivity contribution is 6.08. The number of amides is 1. The number of carbonyl (C=O) groups is 2. The largest absolute Gasteiger partial charge is 0.459 e. The summed E-state index contributed by atoms with van der Waals surface area (Å²) >= 11 is 0. The van der Waals surface area contributed by atoms with E-state index in [9.17, 15) is 9.59 Å². The van der Waals surface area contributed by atoms with E-state index in [-0.39, 0.29) is 17.3 Å². The summed E-state index contributed by atoms with van der Waals surface area (Å²) in [6.07, 6.45) is 3.38. The molecule has 1 aliphatic heterocycles. The van der Waals surface area contributed by atoms with Gasteiger partial charge in [0.15, 0.2) is 0 Å². The first-order valence-corrected chi connectivity index (χ1v) is 12.6. The monoisotopic (exact) mass is 512 g/mol. The highest BCUT2D eigenvalue weighted by Gasteiger charge is 2.37. The topological polar surface area (TPSA) is 121 Å². The summed E-state index contributed by atoms with van der Waals surface area (Å²) in [6.45, 7) is 10.4. The Morgan fingerprint density at radius 2 is 1.87 bits per heavy atom. The molecule has 38 heavy (non-hydrogen) atoms. The number of pyridine rings is 1. The lowest BCUT2D eigenvalue weighted by Crippen LogP contribution is -2.46. The van der Waals surface area contributed by atoms with Crippen LogP contribution in [0.1, 0.15) is 62.1 Å². The number of rotatable bonds is 5. The number of nitrogens with zero attached hydrogens (tertiary/aromatic N) is 2. The van der Waals surface area contributed by atoms with Crippen LogP contribution in [0, 0.1) is 0 Å². The molecule has 5 rings (SSSR count). The van der Waals surface area contributed by atoms with Crippen molar-refractivity contribution in [3.8, 4) is 0 Å². The number of fused-ring (bicyclic) bond motifs is 2. The summed E-state index contributed by atoms with van der Waals surface area (Å²) in [5, 5.41) is 17.5. The number of benzene rings is 2. The molecule has 4 aromatic rings. The molecular weight excluding hydrogens is 480 g/mol. The molecule has 1 amide bonds. The third-order valence-electron chi connectivity index (χ3n) is 6.50. The first-order chi connectivity index (χ1) is 18.0. The molecule has 1 atom stereocenters. The summed E-state index contributed by atoms with van der Waals surface area (Å²) in [5.74, 6) is -0.234. The second-order valence-electron chi connectivity index (χ2n) is 11.2. The minimum absolute atomic E-state index is 0.188. The molecule has 4 N–H and O–H groups in total. The third kappa shape index (κ3) is 5.24. The Morgan fingerprint density at radius 1 is 1.08 bits per heavy atom. The number of hydrogen-bond acceptors (Lipinski definition) is 7. The van der Waals surface area contributed by atoms with E-state index < -0.39 is 11.6 Å². The number of carbonyl (C=O) groups excluding carboxylic acids is 2. The van der Waals surface area contributed by atoms with E-state index in [1.807, 2.05) is 57.2 Å². The number of H-pyrrole nitrogens is 1. The predicted octanol–water partition coefficient (Wildman–Crippen LogP) is 5.22. The molecule has 3 heterocycles. The van der Waals surface area contributed by atoms with Gasteiger partial charge in [-0.25, -0.2) is 9.78 Å². The van der Waals surface area contributed by atoms with Gasteiger partial charge in [0.25, 0.3) is 5.91 Å². The minimum atomic E-state index is -0.623. The van der Waals surface area contributed by atoms with Crippen molar-refractivity contribution in [1.82, 2.24) is 20.5 Å². The molecule has 0 aliphatic carbocycles. The van der Waals surface area contributed by atoms with Crippen molar-refractivity contribution in [3.63, 3.8) is 0 Å². The van der Waals surface area contributed by atoms with E-state index in [1.54, 1.807) is 24.5 Å². The second-order valence-corrected chi connectivity index (χ2v) is 11.2. The molecule has 0 spiro atoms. The second kappa shape index (κ2) is 9.57. The summed E-state index contributed by atoms with van der Waals surface area (Å²) in [5.41, 5.74) is 3.66. The van der Waals surface area contributed by atoms with Gasteiger partial charge in [0.05, 0.1) is 17.3 Å². The fraction of sp³-hybridized carbons (Fsp3) is 0.310. The highest BCUT2D eigenvalue weighted by atomic mass is 16.6. The molecule has 9 heteroatoms. The fourth-order valence-corrected chi connectivity index (χ4v) is 4.67. The van der Waals surface area contributed by atoms with Gasteiger partial charge in [0.2, 0.25) is 0 Å². The van der Waals surface area contributed by atoms with Gasteiger partial charge in [-0.05, 0) is 74.4 Å². The molecule has 2 aromatic carbocycles. The Hall–Kier alpha value is -4.24. The molecule has 0 bridgehead atoms. The molecule has 0 saturated carbocycles. The van der Waals surface area contributed by atoms with Crippen molar-refractivity contribution in [2.75, 3.05) is 17.2 Å². The summed E-state index contributed by atoms with van der Waals surface area (Å²) < 4.78 is 5.67. The van der Waals surface area contributed by atoms with E-state index in [1.165, 1.54) is 0 Å². The van der Waals surface area contributed by atoms with Crippen LogP contribution in [0.2, 0.25) is 0 Å². The van der Waals surface area contributed by atoms with E-state index >= 15 is 0 Å². The van der Waals surface area contributed by atoms with Crippen molar-refractivity contribution < 1.29 is 14.3 Å². The maximum atomic E-state index is 13.4. The number of hydrogen-bond donors (Lipinski definition) is 4. The minimum Gasteiger partial charge on any atom is -0.459 e. The number of ether oxygens (including phenoxy) is 1. The number of nitrogens with one attached hydrogen (secondary N) is 4. The first kappa shape index (κ1) is 25.4. The van der Waals surface area contributed by atoms with Gasteiger partial charge in [-0.3, -0.25) is 15.2 Å². The van der Waals surface area contributed by atoms with Crippen LogP contribution in [0.15, 0.2) is 60.9 Å². The van der Waals surface area contributed by atoms with Crippen LogP contribution in [0.3, 0.4) is 0 Å². The van der Waals surface area contributed by atoms with E-state index in [0.717, 1.165) is 27.7 Å². The molecule has 1 unspecified atom stereocenters. The number of aromatic nitrogens is 3. The maximum absolute atomic E-state index is 13.4. The highest BCUT2D eigenvalue weighted by Crippen LogP contribution is 2.37. The normalized spacial score (nSPS) is 16.5. The van der Waals surface area contributed by atoms with Crippen molar-refractivity contribution in [1.29, 1.82) is 0 Å². The van der Waals surface area contributed by atoms with Crippen molar-refractivity contribution in [2.45, 2.75) is 51.7 Å². The fourth-order valence-electron chi connectivity index (χ4n) is 4.67. The Bertz CT molecular complexity index is 1520. The van der Waals surface area contributed by atoms with Crippen molar-refractivity contribution >= 4 is 40.0 Å². The standard InChI is InChI=1S/C29H32N6O3/c1-28(2,3)38-27(37)24-21-13-18(10-11-22(21)29(4,5)16-31-24)34-26(36)20-7-6-12-30-25(20)33-19-9-8-17-15-32-35-23(17)14-19/h6-15,24,31H,16H2,1-5H3,(H,30,33)(H,32,35)(H,34,36). The maximum Gasteiger partial charge on any atom is 0.328 e. The number of esters is 1. The van der Waals surface area contributed by atoms with Gasteiger partial charge in [-0.2, -0.15) is 5.10 Å². The predicted molar refractivity (Wildman–Crippen MR) is 148 cm³/mol. The molecule has 2 aromatic heterocycles. The van der Waals surface area contributed by atoms with E-state index in [4.69, 9.17) is 4.74 Å². The number of aromatic amines is 1. The lowest BCUT2D eigenvalue weighted by atomic mass is 9.76. The average Bonchev–Trinajstić information content (AvgIpc) is 3.31. The molecule has 1 aliphatic rings.